The van der Waals surface area contributed by atoms with Gasteiger partial charge in [-0.3, -0.25) is 0 Å². The Morgan fingerprint density at radius 2 is 2.12 bits per heavy atom. The highest BCUT2D eigenvalue weighted by atomic mass is 79.9. The van der Waals surface area contributed by atoms with Crippen LogP contribution in [0.5, 0.6) is 11.5 Å². The maximum absolute atomic E-state index is 9.12. The zero-order valence-electron chi connectivity index (χ0n) is 9.66. The Balaban J connectivity index is 2.06. The van der Waals surface area contributed by atoms with Crippen molar-refractivity contribution in [2.75, 3.05) is 19.8 Å². The predicted molar refractivity (Wildman–Crippen MR) is 71.0 cm³/mol. The number of aliphatic hydroxyl groups is 1. The van der Waals surface area contributed by atoms with Crippen LogP contribution in [-0.2, 0) is 6.54 Å². The molecule has 2 rings (SSSR count). The molecule has 1 aliphatic heterocycles. The molecule has 0 saturated heterocycles. The summed E-state index contributed by atoms with van der Waals surface area (Å²) in [5.74, 6) is 1.66. The zero-order chi connectivity index (χ0) is 12.3. The van der Waals surface area contributed by atoms with E-state index in [2.05, 4.69) is 21.2 Å². The standard InChI is InChI=1S/C11H16BrNO3S/c1-2-7(6-14)13-5-8-9-10(11(12)17-8)16-4-3-15-9/h7,13-14H,2-6H2,1H3. The van der Waals surface area contributed by atoms with Gasteiger partial charge in [0.25, 0.3) is 0 Å². The highest BCUT2D eigenvalue weighted by Gasteiger charge is 2.23. The van der Waals surface area contributed by atoms with Crippen LogP contribution in [0.2, 0.25) is 0 Å². The predicted octanol–water partition coefficient (Wildman–Crippen LogP) is 2.14. The van der Waals surface area contributed by atoms with E-state index in [0.717, 1.165) is 26.6 Å². The molecular weight excluding hydrogens is 306 g/mol. The van der Waals surface area contributed by atoms with Gasteiger partial charge in [0.05, 0.1) is 11.5 Å². The number of aliphatic hydroxyl groups excluding tert-OH is 1. The Morgan fingerprint density at radius 3 is 2.76 bits per heavy atom. The summed E-state index contributed by atoms with van der Waals surface area (Å²) in [6.07, 6.45) is 0.905. The minimum absolute atomic E-state index is 0.135. The molecule has 0 bridgehead atoms. The molecule has 1 unspecified atom stereocenters. The maximum atomic E-state index is 9.12. The second kappa shape index (κ2) is 6.04. The smallest absolute Gasteiger partial charge is 0.186 e. The Kier molecular flexibility index (Phi) is 4.67. The van der Waals surface area contributed by atoms with Crippen LogP contribution < -0.4 is 14.8 Å². The summed E-state index contributed by atoms with van der Waals surface area (Å²) < 4.78 is 12.2. The van der Waals surface area contributed by atoms with Crippen molar-refractivity contribution >= 4 is 27.3 Å². The van der Waals surface area contributed by atoms with E-state index in [-0.39, 0.29) is 12.6 Å². The maximum Gasteiger partial charge on any atom is 0.186 e. The first-order valence-electron chi connectivity index (χ1n) is 5.67. The minimum atomic E-state index is 0.135. The van der Waals surface area contributed by atoms with Gasteiger partial charge in [0, 0.05) is 12.6 Å². The van der Waals surface area contributed by atoms with Crippen molar-refractivity contribution in [3.63, 3.8) is 0 Å². The lowest BCUT2D eigenvalue weighted by Crippen LogP contribution is -2.31. The first-order chi connectivity index (χ1) is 8.26. The summed E-state index contributed by atoms with van der Waals surface area (Å²) in [4.78, 5) is 1.11. The van der Waals surface area contributed by atoms with Crippen LogP contribution in [0.25, 0.3) is 0 Å². The lowest BCUT2D eigenvalue weighted by Gasteiger charge is -2.18. The fraction of sp³-hybridized carbons (Fsp3) is 0.636. The number of rotatable bonds is 5. The highest BCUT2D eigenvalue weighted by Crippen LogP contribution is 2.47. The van der Waals surface area contributed by atoms with E-state index in [1.807, 2.05) is 6.92 Å². The molecule has 0 amide bonds. The van der Waals surface area contributed by atoms with E-state index in [4.69, 9.17) is 14.6 Å². The van der Waals surface area contributed by atoms with Gasteiger partial charge >= 0.3 is 0 Å². The second-order valence-corrected chi connectivity index (χ2v) is 6.25. The van der Waals surface area contributed by atoms with E-state index in [9.17, 15) is 0 Å². The summed E-state index contributed by atoms with van der Waals surface area (Å²) in [6, 6.07) is 0.135. The molecule has 1 aromatic heterocycles. The minimum Gasteiger partial charge on any atom is -0.485 e. The Labute approximate surface area is 113 Å². The van der Waals surface area contributed by atoms with Crippen LogP contribution in [0.3, 0.4) is 0 Å². The van der Waals surface area contributed by atoms with Gasteiger partial charge in [0.1, 0.15) is 17.0 Å². The van der Waals surface area contributed by atoms with Crippen LogP contribution in [0.1, 0.15) is 18.2 Å². The molecule has 2 heterocycles. The average Bonchev–Trinajstić information content (AvgIpc) is 2.69. The topological polar surface area (TPSA) is 50.7 Å². The molecule has 0 radical (unpaired) electrons. The van der Waals surface area contributed by atoms with Crippen molar-refractivity contribution < 1.29 is 14.6 Å². The molecule has 6 heteroatoms. The van der Waals surface area contributed by atoms with Gasteiger partial charge in [-0.2, -0.15) is 0 Å². The molecule has 0 saturated carbocycles. The van der Waals surface area contributed by atoms with Crippen molar-refractivity contribution in [2.45, 2.75) is 25.9 Å². The molecule has 96 valence electrons. The van der Waals surface area contributed by atoms with Gasteiger partial charge in [-0.15, -0.1) is 11.3 Å². The van der Waals surface area contributed by atoms with Crippen LogP contribution in [0.15, 0.2) is 3.79 Å². The number of nitrogens with one attached hydrogen (secondary N) is 1. The highest BCUT2D eigenvalue weighted by molar-refractivity contribution is 9.11. The summed E-state index contributed by atoms with van der Waals surface area (Å²) in [5.41, 5.74) is 0. The molecular formula is C11H16BrNO3S. The van der Waals surface area contributed by atoms with E-state index in [1.165, 1.54) is 0 Å². The molecule has 0 spiro atoms. The van der Waals surface area contributed by atoms with E-state index >= 15 is 0 Å². The number of ether oxygens (including phenoxy) is 2. The third-order valence-corrected chi connectivity index (χ3v) is 4.48. The van der Waals surface area contributed by atoms with Crippen LogP contribution in [0.4, 0.5) is 0 Å². The van der Waals surface area contributed by atoms with E-state index in [0.29, 0.717) is 19.8 Å². The van der Waals surface area contributed by atoms with Gasteiger partial charge in [-0.05, 0) is 22.4 Å². The number of hydrogen-bond acceptors (Lipinski definition) is 5. The number of hydrogen-bond donors (Lipinski definition) is 2. The molecule has 2 N–H and O–H groups in total. The Bertz CT molecular complexity index is 379. The second-order valence-electron chi connectivity index (χ2n) is 3.82. The summed E-state index contributed by atoms with van der Waals surface area (Å²) in [5, 5.41) is 12.4. The van der Waals surface area contributed by atoms with Crippen LogP contribution in [-0.4, -0.2) is 31.0 Å². The van der Waals surface area contributed by atoms with Crippen molar-refractivity contribution in [1.29, 1.82) is 0 Å². The first-order valence-corrected chi connectivity index (χ1v) is 7.28. The van der Waals surface area contributed by atoms with Gasteiger partial charge in [0.15, 0.2) is 11.5 Å². The normalized spacial score (nSPS) is 15.9. The molecule has 17 heavy (non-hydrogen) atoms. The molecule has 4 nitrogen and oxygen atoms in total. The summed E-state index contributed by atoms with van der Waals surface area (Å²) in [7, 11) is 0. The third kappa shape index (κ3) is 2.93. The lowest BCUT2D eigenvalue weighted by atomic mass is 10.2. The number of halogens is 1. The van der Waals surface area contributed by atoms with Crippen LogP contribution >= 0.6 is 27.3 Å². The number of fused-ring (bicyclic) bond motifs is 1. The fourth-order valence-electron chi connectivity index (χ4n) is 1.66. The SMILES string of the molecule is CCC(CO)NCc1sc(Br)c2c1OCCO2. The molecule has 0 aliphatic carbocycles. The summed E-state index contributed by atoms with van der Waals surface area (Å²) in [6.45, 7) is 4.10. The fourth-order valence-corrected chi connectivity index (χ4v) is 3.41. The first kappa shape index (κ1) is 13.1. The molecule has 1 aliphatic rings. The van der Waals surface area contributed by atoms with Gasteiger partial charge < -0.3 is 19.9 Å². The van der Waals surface area contributed by atoms with Crippen LogP contribution in [0, 0.1) is 0 Å². The Hall–Kier alpha value is -0.300. The quantitative estimate of drug-likeness (QED) is 0.872. The monoisotopic (exact) mass is 321 g/mol. The summed E-state index contributed by atoms with van der Waals surface area (Å²) >= 11 is 5.10. The van der Waals surface area contributed by atoms with Crippen molar-refractivity contribution in [3.05, 3.63) is 8.66 Å². The van der Waals surface area contributed by atoms with Crippen molar-refractivity contribution in [3.8, 4) is 11.5 Å². The zero-order valence-corrected chi connectivity index (χ0v) is 12.1. The van der Waals surface area contributed by atoms with Gasteiger partial charge in [-0.1, -0.05) is 6.92 Å². The molecule has 1 atom stereocenters. The lowest BCUT2D eigenvalue weighted by molar-refractivity contribution is 0.170. The number of thiophene rings is 1. The van der Waals surface area contributed by atoms with E-state index in [1.54, 1.807) is 11.3 Å². The van der Waals surface area contributed by atoms with Gasteiger partial charge in [-0.25, -0.2) is 0 Å². The average molecular weight is 322 g/mol. The van der Waals surface area contributed by atoms with Crippen molar-refractivity contribution in [2.24, 2.45) is 0 Å². The molecule has 1 aromatic rings. The third-order valence-electron chi connectivity index (χ3n) is 2.69. The molecule has 0 fully saturated rings. The Morgan fingerprint density at radius 1 is 1.41 bits per heavy atom. The van der Waals surface area contributed by atoms with Gasteiger partial charge in [0.2, 0.25) is 0 Å². The largest absolute Gasteiger partial charge is 0.485 e. The molecule has 0 aromatic carbocycles. The van der Waals surface area contributed by atoms with Crippen molar-refractivity contribution in [1.82, 2.24) is 5.32 Å². The van der Waals surface area contributed by atoms with E-state index < -0.39 is 0 Å².